The molecule has 0 aliphatic carbocycles. The summed E-state index contributed by atoms with van der Waals surface area (Å²) >= 11 is 0. The fraction of sp³-hybridized carbons (Fsp3) is 0.0455. The van der Waals surface area contributed by atoms with Gasteiger partial charge in [-0.05, 0) is 41.1 Å². The molecule has 3 aromatic rings. The summed E-state index contributed by atoms with van der Waals surface area (Å²) < 4.78 is 5.39. The zero-order chi connectivity index (χ0) is 20.1. The second-order valence-corrected chi connectivity index (χ2v) is 5.91. The smallest absolute Gasteiger partial charge is 0.335 e. The molecule has 0 spiro atoms. The van der Waals surface area contributed by atoms with Crippen LogP contribution in [-0.2, 0) is 4.79 Å². The molecule has 6 heteroatoms. The Hall–Kier alpha value is -4.11. The highest BCUT2D eigenvalue weighted by molar-refractivity contribution is 6.11. The molecule has 6 nitrogen and oxygen atoms in total. The summed E-state index contributed by atoms with van der Waals surface area (Å²) in [4.78, 5) is 23.6. The second-order valence-electron chi connectivity index (χ2n) is 5.91. The van der Waals surface area contributed by atoms with Gasteiger partial charge < -0.3 is 15.2 Å². The van der Waals surface area contributed by atoms with Crippen molar-refractivity contribution < 1.29 is 19.4 Å². The molecular weight excluding hydrogens is 356 g/mol. The van der Waals surface area contributed by atoms with Crippen LogP contribution in [0.25, 0.3) is 16.8 Å². The van der Waals surface area contributed by atoms with E-state index < -0.39 is 11.9 Å². The van der Waals surface area contributed by atoms with E-state index in [4.69, 9.17) is 9.84 Å². The van der Waals surface area contributed by atoms with Gasteiger partial charge >= 0.3 is 5.97 Å². The summed E-state index contributed by atoms with van der Waals surface area (Å²) in [6.45, 7) is 0. The van der Waals surface area contributed by atoms with Gasteiger partial charge in [-0.1, -0.05) is 36.4 Å². The third-order valence-corrected chi connectivity index (χ3v) is 4.17. The lowest BCUT2D eigenvalue weighted by atomic mass is 10.0. The maximum atomic E-state index is 12.6. The Bertz CT molecular complexity index is 1140. The molecule has 28 heavy (non-hydrogen) atoms. The average Bonchev–Trinajstić information content (AvgIpc) is 2.71. The Morgan fingerprint density at radius 3 is 2.61 bits per heavy atom. The van der Waals surface area contributed by atoms with E-state index in [0.29, 0.717) is 11.3 Å². The van der Waals surface area contributed by atoms with Crippen molar-refractivity contribution in [3.8, 4) is 11.8 Å². The average molecular weight is 372 g/mol. The second kappa shape index (κ2) is 8.06. The molecule has 0 bridgehead atoms. The fourth-order valence-corrected chi connectivity index (χ4v) is 2.82. The summed E-state index contributed by atoms with van der Waals surface area (Å²) in [6, 6.07) is 19.0. The van der Waals surface area contributed by atoms with Gasteiger partial charge in [0.2, 0.25) is 0 Å². The zero-order valence-corrected chi connectivity index (χ0v) is 15.0. The number of rotatable bonds is 5. The lowest BCUT2D eigenvalue weighted by Crippen LogP contribution is -2.14. The van der Waals surface area contributed by atoms with Crippen LogP contribution in [0.4, 0.5) is 5.69 Å². The maximum Gasteiger partial charge on any atom is 0.335 e. The van der Waals surface area contributed by atoms with E-state index in [9.17, 15) is 14.9 Å². The minimum atomic E-state index is -1.10. The summed E-state index contributed by atoms with van der Waals surface area (Å²) in [6.07, 6.45) is 1.47. The molecule has 0 aliphatic rings. The molecule has 0 heterocycles. The minimum Gasteiger partial charge on any atom is -0.496 e. The first kappa shape index (κ1) is 18.7. The number of nitrogens with zero attached hydrogens (tertiary/aromatic N) is 1. The fourth-order valence-electron chi connectivity index (χ4n) is 2.82. The van der Waals surface area contributed by atoms with Crippen LogP contribution in [-0.4, -0.2) is 24.1 Å². The van der Waals surface area contributed by atoms with Crippen LogP contribution in [0.15, 0.2) is 66.2 Å². The third kappa shape index (κ3) is 3.84. The van der Waals surface area contributed by atoms with Crippen molar-refractivity contribution in [1.29, 1.82) is 5.26 Å². The molecule has 0 fully saturated rings. The van der Waals surface area contributed by atoms with Crippen LogP contribution in [0.3, 0.4) is 0 Å². The first-order valence-electron chi connectivity index (χ1n) is 8.35. The number of carbonyl (C=O) groups is 2. The van der Waals surface area contributed by atoms with Crippen molar-refractivity contribution in [2.24, 2.45) is 0 Å². The van der Waals surface area contributed by atoms with Gasteiger partial charge in [0.25, 0.3) is 5.91 Å². The number of ether oxygens (including phenoxy) is 1. The number of carboxylic acid groups (broad SMARTS) is 1. The van der Waals surface area contributed by atoms with Crippen LogP contribution in [0, 0.1) is 11.3 Å². The number of hydrogen-bond acceptors (Lipinski definition) is 4. The molecule has 0 unspecified atom stereocenters. The summed E-state index contributed by atoms with van der Waals surface area (Å²) in [7, 11) is 1.52. The van der Waals surface area contributed by atoms with Crippen LogP contribution in [0.5, 0.6) is 5.75 Å². The Morgan fingerprint density at radius 2 is 1.89 bits per heavy atom. The van der Waals surface area contributed by atoms with E-state index in [1.807, 2.05) is 36.4 Å². The van der Waals surface area contributed by atoms with Gasteiger partial charge in [-0.25, -0.2) is 4.79 Å². The molecule has 1 amide bonds. The number of hydrogen-bond donors (Lipinski definition) is 2. The normalized spacial score (nSPS) is 10.9. The number of methoxy groups -OCH3 is 1. The van der Waals surface area contributed by atoms with E-state index in [0.717, 1.165) is 10.8 Å². The van der Waals surface area contributed by atoms with Crippen molar-refractivity contribution in [1.82, 2.24) is 0 Å². The number of nitrogens with one attached hydrogen (secondary N) is 1. The highest BCUT2D eigenvalue weighted by atomic mass is 16.5. The highest BCUT2D eigenvalue weighted by Crippen LogP contribution is 2.30. The largest absolute Gasteiger partial charge is 0.496 e. The lowest BCUT2D eigenvalue weighted by molar-refractivity contribution is -0.112. The van der Waals surface area contributed by atoms with Crippen LogP contribution in [0.1, 0.15) is 15.9 Å². The Morgan fingerprint density at radius 1 is 1.11 bits per heavy atom. The number of carbonyl (C=O) groups excluding carboxylic acids is 1. The highest BCUT2D eigenvalue weighted by Gasteiger charge is 2.14. The predicted molar refractivity (Wildman–Crippen MR) is 106 cm³/mol. The Labute approximate surface area is 161 Å². The van der Waals surface area contributed by atoms with Crippen molar-refractivity contribution in [2.75, 3.05) is 12.4 Å². The standard InChI is InChI=1S/C22H16N2O4/c1-28-20-10-9-14-5-2-3-8-18(14)19(20)12-16(13-23)21(25)24-17-7-4-6-15(11-17)22(26)27/h2-12H,1H3,(H,24,25)(H,26,27)/b16-12+. The summed E-state index contributed by atoms with van der Waals surface area (Å²) in [5.41, 5.74) is 0.814. The number of benzene rings is 3. The molecule has 0 aromatic heterocycles. The van der Waals surface area contributed by atoms with Crippen LogP contribution in [0.2, 0.25) is 0 Å². The number of amides is 1. The number of anilines is 1. The van der Waals surface area contributed by atoms with Crippen LogP contribution < -0.4 is 10.1 Å². The molecule has 3 rings (SSSR count). The number of carboxylic acids is 1. The first-order chi connectivity index (χ1) is 13.5. The van der Waals surface area contributed by atoms with Gasteiger partial charge in [-0.15, -0.1) is 0 Å². The molecular formula is C22H16N2O4. The predicted octanol–water partition coefficient (Wildman–Crippen LogP) is 4.09. The summed E-state index contributed by atoms with van der Waals surface area (Å²) in [5, 5.41) is 22.9. The van der Waals surface area contributed by atoms with Gasteiger partial charge in [-0.2, -0.15) is 5.26 Å². The summed E-state index contributed by atoms with van der Waals surface area (Å²) in [5.74, 6) is -1.21. The molecule has 0 saturated heterocycles. The number of aromatic carboxylic acids is 1. The topological polar surface area (TPSA) is 99.4 Å². The monoisotopic (exact) mass is 372 g/mol. The van der Waals surface area contributed by atoms with Crippen molar-refractivity contribution in [2.45, 2.75) is 0 Å². The van der Waals surface area contributed by atoms with Crippen molar-refractivity contribution in [3.05, 3.63) is 77.4 Å². The molecule has 138 valence electrons. The molecule has 0 radical (unpaired) electrons. The van der Waals surface area contributed by atoms with Gasteiger partial charge in [-0.3, -0.25) is 4.79 Å². The van der Waals surface area contributed by atoms with Crippen molar-refractivity contribution in [3.63, 3.8) is 0 Å². The zero-order valence-electron chi connectivity index (χ0n) is 15.0. The number of nitriles is 1. The van der Waals surface area contributed by atoms with E-state index in [1.54, 1.807) is 12.1 Å². The molecule has 3 aromatic carbocycles. The molecule has 0 aliphatic heterocycles. The Balaban J connectivity index is 2.00. The first-order valence-corrected chi connectivity index (χ1v) is 8.35. The Kier molecular flexibility index (Phi) is 5.38. The van der Waals surface area contributed by atoms with Gasteiger partial charge in [0.15, 0.2) is 0 Å². The van der Waals surface area contributed by atoms with E-state index >= 15 is 0 Å². The molecule has 0 atom stereocenters. The van der Waals surface area contributed by atoms with E-state index in [2.05, 4.69) is 5.32 Å². The molecule has 2 N–H and O–H groups in total. The van der Waals surface area contributed by atoms with E-state index in [-0.39, 0.29) is 16.8 Å². The quantitative estimate of drug-likeness (QED) is 0.519. The van der Waals surface area contributed by atoms with E-state index in [1.165, 1.54) is 31.4 Å². The molecule has 0 saturated carbocycles. The van der Waals surface area contributed by atoms with Gasteiger partial charge in [0.1, 0.15) is 17.4 Å². The number of fused-ring (bicyclic) bond motifs is 1. The third-order valence-electron chi connectivity index (χ3n) is 4.17. The van der Waals surface area contributed by atoms with Crippen LogP contribution >= 0.6 is 0 Å². The maximum absolute atomic E-state index is 12.6. The van der Waals surface area contributed by atoms with Gasteiger partial charge in [0.05, 0.1) is 12.7 Å². The van der Waals surface area contributed by atoms with Gasteiger partial charge in [0, 0.05) is 11.3 Å². The van der Waals surface area contributed by atoms with Crippen molar-refractivity contribution >= 4 is 34.4 Å². The lowest BCUT2D eigenvalue weighted by Gasteiger charge is -2.10. The minimum absolute atomic E-state index is 0.0380. The SMILES string of the molecule is COc1ccc2ccccc2c1/C=C(\C#N)C(=O)Nc1cccc(C(=O)O)c1.